The van der Waals surface area contributed by atoms with Crippen LogP contribution >= 0.6 is 22.9 Å². The minimum absolute atomic E-state index is 0.280. The van der Waals surface area contributed by atoms with Gasteiger partial charge in [-0.25, -0.2) is 4.98 Å². The first kappa shape index (κ1) is 15.8. The predicted octanol–water partition coefficient (Wildman–Crippen LogP) is 4.32. The highest BCUT2D eigenvalue weighted by Crippen LogP contribution is 2.34. The first-order valence-electron chi connectivity index (χ1n) is 6.45. The van der Waals surface area contributed by atoms with Gasteiger partial charge in [0.15, 0.2) is 17.8 Å². The van der Waals surface area contributed by atoms with E-state index >= 15 is 0 Å². The number of carbonyl (C=O) groups is 1. The lowest BCUT2D eigenvalue weighted by Crippen LogP contribution is -2.01. The van der Waals surface area contributed by atoms with Crippen molar-refractivity contribution in [2.75, 3.05) is 7.11 Å². The summed E-state index contributed by atoms with van der Waals surface area (Å²) in [5.41, 5.74) is 1.19. The van der Waals surface area contributed by atoms with Crippen molar-refractivity contribution in [1.29, 1.82) is 0 Å². The lowest BCUT2D eigenvalue weighted by atomic mass is 10.2. The van der Waals surface area contributed by atoms with Crippen molar-refractivity contribution >= 4 is 29.2 Å². The first-order chi connectivity index (χ1) is 10.0. The molecule has 1 aromatic carbocycles. The molecule has 1 heterocycles. The quantitative estimate of drug-likeness (QED) is 0.742. The van der Waals surface area contributed by atoms with E-state index in [1.807, 2.05) is 5.38 Å². The van der Waals surface area contributed by atoms with Crippen molar-refractivity contribution in [3.05, 3.63) is 38.8 Å². The zero-order valence-corrected chi connectivity index (χ0v) is 13.6. The molecule has 4 nitrogen and oxygen atoms in total. The molecule has 0 bridgehead atoms. The lowest BCUT2D eigenvalue weighted by molar-refractivity contribution is 0.111. The van der Waals surface area contributed by atoms with Gasteiger partial charge < -0.3 is 9.47 Å². The molecule has 2 rings (SSSR count). The maximum absolute atomic E-state index is 11.1. The molecule has 1 aromatic heterocycles. The molecule has 0 saturated carbocycles. The van der Waals surface area contributed by atoms with E-state index in [0.29, 0.717) is 34.3 Å². The molecule has 0 radical (unpaired) electrons. The van der Waals surface area contributed by atoms with Crippen molar-refractivity contribution in [3.8, 4) is 11.5 Å². The summed E-state index contributed by atoms with van der Waals surface area (Å²) >= 11 is 7.53. The van der Waals surface area contributed by atoms with Crippen LogP contribution in [-0.2, 0) is 6.61 Å². The summed E-state index contributed by atoms with van der Waals surface area (Å²) in [5.74, 6) is 1.21. The maximum atomic E-state index is 11.1. The third-order valence-corrected chi connectivity index (χ3v) is 4.24. The fraction of sp³-hybridized carbons (Fsp3) is 0.333. The molecular formula is C15H16ClNO3S. The van der Waals surface area contributed by atoms with Crippen molar-refractivity contribution in [3.63, 3.8) is 0 Å². The lowest BCUT2D eigenvalue weighted by Gasteiger charge is -2.12. The van der Waals surface area contributed by atoms with Crippen LogP contribution in [0.5, 0.6) is 11.5 Å². The molecule has 2 aromatic rings. The summed E-state index contributed by atoms with van der Waals surface area (Å²) in [5, 5.41) is 3.45. The Morgan fingerprint density at radius 3 is 2.76 bits per heavy atom. The minimum atomic E-state index is 0.280. The van der Waals surface area contributed by atoms with Crippen LogP contribution in [0.4, 0.5) is 0 Å². The van der Waals surface area contributed by atoms with E-state index in [1.54, 1.807) is 23.5 Å². The molecule has 0 aliphatic rings. The van der Waals surface area contributed by atoms with Gasteiger partial charge in [0.2, 0.25) is 0 Å². The topological polar surface area (TPSA) is 48.4 Å². The van der Waals surface area contributed by atoms with E-state index in [-0.39, 0.29) is 6.61 Å². The Labute approximate surface area is 132 Å². The molecule has 0 atom stereocenters. The van der Waals surface area contributed by atoms with E-state index in [4.69, 9.17) is 21.1 Å². The molecule has 6 heteroatoms. The Morgan fingerprint density at radius 2 is 2.19 bits per heavy atom. The van der Waals surface area contributed by atoms with Crippen molar-refractivity contribution < 1.29 is 14.3 Å². The first-order valence-corrected chi connectivity index (χ1v) is 7.70. The Kier molecular flexibility index (Phi) is 5.20. The Morgan fingerprint density at radius 1 is 1.43 bits per heavy atom. The average Bonchev–Trinajstić information content (AvgIpc) is 2.94. The molecule has 0 unspecified atom stereocenters. The minimum Gasteiger partial charge on any atom is -0.493 e. The molecular weight excluding hydrogens is 310 g/mol. The Bertz CT molecular complexity index is 640. The number of ether oxygens (including phenoxy) is 2. The summed E-state index contributed by atoms with van der Waals surface area (Å²) in [7, 11) is 1.51. The van der Waals surface area contributed by atoms with Gasteiger partial charge in [-0.1, -0.05) is 25.4 Å². The largest absolute Gasteiger partial charge is 0.493 e. The number of benzene rings is 1. The molecule has 0 N–H and O–H groups in total. The molecule has 0 aliphatic heterocycles. The van der Waals surface area contributed by atoms with Crippen molar-refractivity contribution in [2.24, 2.45) is 0 Å². The maximum Gasteiger partial charge on any atom is 0.172 e. The van der Waals surface area contributed by atoms with Crippen LogP contribution in [0.1, 0.15) is 40.8 Å². The fourth-order valence-electron chi connectivity index (χ4n) is 1.78. The van der Waals surface area contributed by atoms with Gasteiger partial charge in [-0.15, -0.1) is 11.3 Å². The van der Waals surface area contributed by atoms with Crippen LogP contribution < -0.4 is 9.47 Å². The number of nitrogens with zero attached hydrogens (tertiary/aromatic N) is 1. The standard InChI is InChI=1S/C15H16ClNO3S/c1-9(2)15-17-12(8-21-15)7-20-14-10(6-18)4-11(16)5-13(14)19-3/h4-6,8-9H,7H2,1-3H3. The molecule has 0 amide bonds. The van der Waals surface area contributed by atoms with Crippen molar-refractivity contribution in [1.82, 2.24) is 4.98 Å². The molecule has 0 saturated heterocycles. The SMILES string of the molecule is COc1cc(Cl)cc(C=O)c1OCc1csc(C(C)C)n1. The van der Waals surface area contributed by atoms with Gasteiger partial charge in [-0.05, 0) is 6.07 Å². The Hall–Kier alpha value is -1.59. The van der Waals surface area contributed by atoms with Gasteiger partial charge in [0.05, 0.1) is 23.4 Å². The van der Waals surface area contributed by atoms with Crippen molar-refractivity contribution in [2.45, 2.75) is 26.4 Å². The van der Waals surface area contributed by atoms with E-state index in [2.05, 4.69) is 18.8 Å². The van der Waals surface area contributed by atoms with E-state index in [9.17, 15) is 4.79 Å². The van der Waals surface area contributed by atoms with E-state index in [0.717, 1.165) is 10.7 Å². The van der Waals surface area contributed by atoms with E-state index < -0.39 is 0 Å². The summed E-state index contributed by atoms with van der Waals surface area (Å²) in [6, 6.07) is 3.16. The highest BCUT2D eigenvalue weighted by molar-refractivity contribution is 7.09. The van der Waals surface area contributed by atoms with Crippen LogP contribution in [0.2, 0.25) is 5.02 Å². The molecule has 0 aliphatic carbocycles. The van der Waals surface area contributed by atoms with Crippen LogP contribution in [0.3, 0.4) is 0 Å². The van der Waals surface area contributed by atoms with Gasteiger partial charge >= 0.3 is 0 Å². The number of hydrogen-bond donors (Lipinski definition) is 0. The molecule has 0 fully saturated rings. The van der Waals surface area contributed by atoms with E-state index in [1.165, 1.54) is 7.11 Å². The number of carbonyl (C=O) groups excluding carboxylic acids is 1. The number of halogens is 1. The zero-order chi connectivity index (χ0) is 15.4. The summed E-state index contributed by atoms with van der Waals surface area (Å²) in [6.07, 6.45) is 0.699. The van der Waals surface area contributed by atoms with Crippen LogP contribution in [0.15, 0.2) is 17.5 Å². The normalized spacial score (nSPS) is 10.7. The van der Waals surface area contributed by atoms with Crippen LogP contribution in [-0.4, -0.2) is 18.4 Å². The summed E-state index contributed by atoms with van der Waals surface area (Å²) < 4.78 is 10.9. The molecule has 21 heavy (non-hydrogen) atoms. The van der Waals surface area contributed by atoms with Gasteiger partial charge in [0, 0.05) is 22.4 Å². The highest BCUT2D eigenvalue weighted by atomic mass is 35.5. The monoisotopic (exact) mass is 325 g/mol. The fourth-order valence-corrected chi connectivity index (χ4v) is 2.82. The Balaban J connectivity index is 2.20. The smallest absolute Gasteiger partial charge is 0.172 e. The van der Waals surface area contributed by atoms with Gasteiger partial charge in [0.1, 0.15) is 6.61 Å². The number of aldehydes is 1. The second-order valence-corrected chi connectivity index (χ2v) is 6.09. The van der Waals surface area contributed by atoms with Crippen LogP contribution in [0, 0.1) is 0 Å². The second-order valence-electron chi connectivity index (χ2n) is 4.76. The van der Waals surface area contributed by atoms with Gasteiger partial charge in [-0.3, -0.25) is 4.79 Å². The predicted molar refractivity (Wildman–Crippen MR) is 83.9 cm³/mol. The average molecular weight is 326 g/mol. The van der Waals surface area contributed by atoms with Gasteiger partial charge in [0.25, 0.3) is 0 Å². The number of thiazole rings is 1. The molecule has 112 valence electrons. The summed E-state index contributed by atoms with van der Waals surface area (Å²) in [4.78, 5) is 15.6. The number of aromatic nitrogens is 1. The third-order valence-electron chi connectivity index (χ3n) is 2.82. The highest BCUT2D eigenvalue weighted by Gasteiger charge is 2.14. The summed E-state index contributed by atoms with van der Waals surface area (Å²) in [6.45, 7) is 4.47. The zero-order valence-electron chi connectivity index (χ0n) is 12.1. The number of hydrogen-bond acceptors (Lipinski definition) is 5. The number of methoxy groups -OCH3 is 1. The number of rotatable bonds is 6. The molecule has 0 spiro atoms. The van der Waals surface area contributed by atoms with Crippen LogP contribution in [0.25, 0.3) is 0 Å². The second kappa shape index (κ2) is 6.91. The third kappa shape index (κ3) is 3.74. The van der Waals surface area contributed by atoms with Gasteiger partial charge in [-0.2, -0.15) is 0 Å².